The van der Waals surface area contributed by atoms with E-state index in [9.17, 15) is 18.0 Å². The summed E-state index contributed by atoms with van der Waals surface area (Å²) in [6, 6.07) is 10.3. The van der Waals surface area contributed by atoms with Crippen molar-refractivity contribution in [2.75, 3.05) is 6.26 Å². The highest BCUT2D eigenvalue weighted by Gasteiger charge is 2.49. The van der Waals surface area contributed by atoms with E-state index in [1.807, 2.05) is 5.38 Å². The predicted octanol–water partition coefficient (Wildman–Crippen LogP) is 4.91. The Morgan fingerprint density at radius 1 is 1.13 bits per heavy atom. The lowest BCUT2D eigenvalue weighted by Crippen LogP contribution is -2.59. The standard InChI is InChI=1S/C27H28Cl2N4O4S2/c1-39(36,37)32-21-8-4-5-9-22(21)33-25(19-11-10-16(28)14-20(19)29)24(17-6-2-3-7-18(17)27(33)35)26(34)31-15-23-30-12-13-38-23/h2-3,6-7,10-14,21-22,24-25,32H,4-5,8-9,15H2,1H3,(H,31,34)/t21-,22-,24+,25-/m0/s1. The minimum Gasteiger partial charge on any atom is -0.349 e. The molecule has 8 nitrogen and oxygen atoms in total. The maximum atomic E-state index is 14.2. The monoisotopic (exact) mass is 606 g/mol. The summed E-state index contributed by atoms with van der Waals surface area (Å²) in [7, 11) is -3.55. The molecule has 206 valence electrons. The van der Waals surface area contributed by atoms with Crippen LogP contribution >= 0.6 is 34.5 Å². The van der Waals surface area contributed by atoms with Gasteiger partial charge in [-0.2, -0.15) is 0 Å². The normalized spacial score (nSPS) is 23.4. The molecule has 1 aromatic heterocycles. The van der Waals surface area contributed by atoms with Gasteiger partial charge < -0.3 is 10.2 Å². The molecule has 0 bridgehead atoms. The Kier molecular flexibility index (Phi) is 8.30. The summed E-state index contributed by atoms with van der Waals surface area (Å²) in [5, 5.41) is 6.35. The van der Waals surface area contributed by atoms with Crippen LogP contribution in [-0.4, -0.2) is 48.5 Å². The lowest BCUT2D eigenvalue weighted by atomic mass is 9.76. The Morgan fingerprint density at radius 3 is 2.62 bits per heavy atom. The Labute approximate surface area is 241 Å². The second-order valence-electron chi connectivity index (χ2n) is 9.88. The predicted molar refractivity (Wildman–Crippen MR) is 153 cm³/mol. The number of amides is 2. The van der Waals surface area contributed by atoms with E-state index in [4.69, 9.17) is 23.2 Å². The van der Waals surface area contributed by atoms with Crippen LogP contribution < -0.4 is 10.0 Å². The smallest absolute Gasteiger partial charge is 0.255 e. The third-order valence-corrected chi connectivity index (χ3v) is 9.36. The Balaban J connectivity index is 1.66. The fraction of sp³-hybridized carbons (Fsp3) is 0.370. The molecule has 0 saturated heterocycles. The van der Waals surface area contributed by atoms with Crippen LogP contribution in [0, 0.1) is 0 Å². The van der Waals surface area contributed by atoms with Gasteiger partial charge in [0.1, 0.15) is 5.01 Å². The maximum Gasteiger partial charge on any atom is 0.255 e. The van der Waals surface area contributed by atoms with Crippen molar-refractivity contribution < 1.29 is 18.0 Å². The summed E-state index contributed by atoms with van der Waals surface area (Å²) < 4.78 is 27.4. The first-order valence-electron chi connectivity index (χ1n) is 12.6. The zero-order chi connectivity index (χ0) is 27.7. The van der Waals surface area contributed by atoms with Gasteiger partial charge in [0, 0.05) is 39.3 Å². The van der Waals surface area contributed by atoms with Gasteiger partial charge in [0.25, 0.3) is 5.91 Å². The molecule has 0 radical (unpaired) electrons. The lowest BCUT2D eigenvalue weighted by Gasteiger charge is -2.49. The zero-order valence-electron chi connectivity index (χ0n) is 21.1. The summed E-state index contributed by atoms with van der Waals surface area (Å²) >= 11 is 14.4. The van der Waals surface area contributed by atoms with Crippen LogP contribution in [0.15, 0.2) is 54.0 Å². The molecule has 1 saturated carbocycles. The van der Waals surface area contributed by atoms with Crippen molar-refractivity contribution in [2.24, 2.45) is 0 Å². The molecule has 1 aliphatic carbocycles. The third kappa shape index (κ3) is 6.00. The van der Waals surface area contributed by atoms with Gasteiger partial charge in [-0.15, -0.1) is 11.3 Å². The van der Waals surface area contributed by atoms with Crippen LogP contribution in [0.25, 0.3) is 0 Å². The van der Waals surface area contributed by atoms with E-state index in [-0.39, 0.29) is 18.4 Å². The summed E-state index contributed by atoms with van der Waals surface area (Å²) in [4.78, 5) is 34.2. The van der Waals surface area contributed by atoms with E-state index in [0.29, 0.717) is 39.6 Å². The molecule has 0 unspecified atom stereocenters. The number of nitrogens with one attached hydrogen (secondary N) is 2. The molecule has 3 aromatic rings. The molecule has 2 heterocycles. The molecule has 39 heavy (non-hydrogen) atoms. The molecule has 0 spiro atoms. The van der Waals surface area contributed by atoms with Gasteiger partial charge in [0.2, 0.25) is 15.9 Å². The summed E-state index contributed by atoms with van der Waals surface area (Å²) in [6.45, 7) is 0.242. The van der Waals surface area contributed by atoms with Gasteiger partial charge in [-0.25, -0.2) is 18.1 Å². The zero-order valence-corrected chi connectivity index (χ0v) is 24.3. The van der Waals surface area contributed by atoms with Crippen molar-refractivity contribution in [3.8, 4) is 0 Å². The van der Waals surface area contributed by atoms with Gasteiger partial charge in [-0.1, -0.05) is 60.3 Å². The van der Waals surface area contributed by atoms with Gasteiger partial charge >= 0.3 is 0 Å². The van der Waals surface area contributed by atoms with Crippen LogP contribution in [-0.2, 0) is 21.4 Å². The molecule has 2 amide bonds. The molecule has 1 aliphatic heterocycles. The number of thiazole rings is 1. The van der Waals surface area contributed by atoms with Crippen molar-refractivity contribution in [2.45, 2.75) is 56.3 Å². The van der Waals surface area contributed by atoms with E-state index in [0.717, 1.165) is 24.1 Å². The number of nitrogens with zero attached hydrogens (tertiary/aromatic N) is 2. The Hall–Kier alpha value is -2.50. The number of benzene rings is 2. The van der Waals surface area contributed by atoms with E-state index in [1.165, 1.54) is 11.3 Å². The van der Waals surface area contributed by atoms with E-state index < -0.39 is 34.1 Å². The summed E-state index contributed by atoms with van der Waals surface area (Å²) in [6.07, 6.45) is 5.60. The molecule has 2 aliphatic rings. The lowest BCUT2D eigenvalue weighted by molar-refractivity contribution is -0.124. The number of aromatic nitrogens is 1. The van der Waals surface area contributed by atoms with Gasteiger partial charge in [0.05, 0.1) is 24.8 Å². The number of hydrogen-bond donors (Lipinski definition) is 2. The molecule has 2 aromatic carbocycles. The second kappa shape index (κ2) is 11.5. The van der Waals surface area contributed by atoms with Gasteiger partial charge in [0.15, 0.2) is 0 Å². The fourth-order valence-electron chi connectivity index (χ4n) is 5.74. The minimum atomic E-state index is -3.55. The molecule has 1 fully saturated rings. The number of sulfonamides is 1. The number of carbonyl (C=O) groups excluding carboxylic acids is 2. The Bertz CT molecular complexity index is 1480. The number of hydrogen-bond acceptors (Lipinski definition) is 6. The van der Waals surface area contributed by atoms with Crippen LogP contribution in [0.2, 0.25) is 10.0 Å². The van der Waals surface area contributed by atoms with E-state index in [1.54, 1.807) is 53.6 Å². The van der Waals surface area contributed by atoms with Crippen LogP contribution in [0.5, 0.6) is 0 Å². The van der Waals surface area contributed by atoms with Gasteiger partial charge in [-0.05, 0) is 42.2 Å². The average Bonchev–Trinajstić information content (AvgIpc) is 3.41. The topological polar surface area (TPSA) is 108 Å². The third-order valence-electron chi connectivity index (χ3n) is 7.29. The van der Waals surface area contributed by atoms with Crippen molar-refractivity contribution in [3.63, 3.8) is 0 Å². The van der Waals surface area contributed by atoms with Crippen LogP contribution in [0.3, 0.4) is 0 Å². The molecular weight excluding hydrogens is 579 g/mol. The molecule has 4 atom stereocenters. The molecule has 5 rings (SSSR count). The van der Waals surface area contributed by atoms with Crippen molar-refractivity contribution in [3.05, 3.63) is 85.8 Å². The first-order valence-corrected chi connectivity index (χ1v) is 16.2. The first kappa shape index (κ1) is 28.0. The van der Waals surface area contributed by atoms with Crippen molar-refractivity contribution in [1.29, 1.82) is 0 Å². The highest BCUT2D eigenvalue weighted by Crippen LogP contribution is 2.47. The van der Waals surface area contributed by atoms with Gasteiger partial charge in [-0.3, -0.25) is 9.59 Å². The fourth-order valence-corrected chi connectivity index (χ4v) is 7.64. The number of carbonyl (C=O) groups is 2. The minimum absolute atomic E-state index is 0.242. The highest BCUT2D eigenvalue weighted by molar-refractivity contribution is 7.88. The number of fused-ring (bicyclic) bond motifs is 1. The van der Waals surface area contributed by atoms with Crippen LogP contribution in [0.4, 0.5) is 0 Å². The van der Waals surface area contributed by atoms with E-state index in [2.05, 4.69) is 15.0 Å². The largest absolute Gasteiger partial charge is 0.349 e. The van der Waals surface area contributed by atoms with E-state index >= 15 is 0 Å². The summed E-state index contributed by atoms with van der Waals surface area (Å²) in [5.41, 5.74) is 1.58. The average molecular weight is 608 g/mol. The van der Waals surface area contributed by atoms with Crippen molar-refractivity contribution in [1.82, 2.24) is 19.9 Å². The van der Waals surface area contributed by atoms with Crippen molar-refractivity contribution >= 4 is 56.4 Å². The molecule has 2 N–H and O–H groups in total. The second-order valence-corrected chi connectivity index (χ2v) is 13.5. The summed E-state index contributed by atoms with van der Waals surface area (Å²) in [5.74, 6) is -1.36. The highest BCUT2D eigenvalue weighted by atomic mass is 35.5. The number of rotatable bonds is 7. The van der Waals surface area contributed by atoms with Crippen LogP contribution in [0.1, 0.15) is 64.1 Å². The first-order chi connectivity index (χ1) is 18.6. The molecular formula is C27H28Cl2N4O4S2. The maximum absolute atomic E-state index is 14.2. The SMILES string of the molecule is CS(=O)(=O)N[C@H]1CCCC[C@@H]1N1C(=O)c2ccccc2[C@@H](C(=O)NCc2nccs2)[C@@H]1c1ccc(Cl)cc1Cl. The molecule has 12 heteroatoms. The number of halogens is 2. The quantitative estimate of drug-likeness (QED) is 0.397. The Morgan fingerprint density at radius 2 is 1.90 bits per heavy atom.